The largest absolute Gasteiger partial charge is 0.494 e. The number of benzene rings is 1. The van der Waals surface area contributed by atoms with Crippen LogP contribution in [0.15, 0.2) is 42.7 Å². The Morgan fingerprint density at radius 3 is 2.70 bits per heavy atom. The van der Waals surface area contributed by atoms with Crippen LogP contribution >= 0.6 is 11.6 Å². The molecule has 1 aromatic heterocycles. The summed E-state index contributed by atoms with van der Waals surface area (Å²) in [5.74, 6) is 0.804. The second-order valence-corrected chi connectivity index (χ2v) is 4.54. The second kappa shape index (κ2) is 6.91. The highest BCUT2D eigenvalue weighted by Crippen LogP contribution is 2.18. The molecule has 0 radical (unpaired) electrons. The first kappa shape index (κ1) is 14.3. The van der Waals surface area contributed by atoms with Crippen LogP contribution in [-0.2, 0) is 6.42 Å². The SMILES string of the molecule is COc1cnccc1C(=O)Nc1ccc(CCCl)cc1. The molecule has 1 aromatic carbocycles. The molecule has 1 amide bonds. The molecule has 2 rings (SSSR count). The molecule has 20 heavy (non-hydrogen) atoms. The van der Waals surface area contributed by atoms with Crippen LogP contribution in [0.3, 0.4) is 0 Å². The van der Waals surface area contributed by atoms with Crippen LogP contribution in [0, 0.1) is 0 Å². The van der Waals surface area contributed by atoms with Crippen LogP contribution in [0.5, 0.6) is 5.75 Å². The fourth-order valence-corrected chi connectivity index (χ4v) is 2.01. The molecule has 0 atom stereocenters. The topological polar surface area (TPSA) is 51.2 Å². The molecule has 1 N–H and O–H groups in total. The molecule has 0 bridgehead atoms. The number of alkyl halides is 1. The van der Waals surface area contributed by atoms with E-state index in [9.17, 15) is 4.79 Å². The minimum absolute atomic E-state index is 0.227. The van der Waals surface area contributed by atoms with Crippen molar-refractivity contribution in [3.8, 4) is 5.75 Å². The molecule has 0 fully saturated rings. The third-order valence-electron chi connectivity index (χ3n) is 2.84. The Balaban J connectivity index is 2.11. The quantitative estimate of drug-likeness (QED) is 0.861. The van der Waals surface area contributed by atoms with Gasteiger partial charge < -0.3 is 10.1 Å². The Morgan fingerprint density at radius 2 is 2.05 bits per heavy atom. The number of rotatable bonds is 5. The molecule has 0 spiro atoms. The molecule has 0 saturated carbocycles. The van der Waals surface area contributed by atoms with E-state index in [0.717, 1.165) is 17.7 Å². The van der Waals surface area contributed by atoms with Crippen LogP contribution in [0.4, 0.5) is 5.69 Å². The predicted octanol–water partition coefficient (Wildman–Crippen LogP) is 3.12. The van der Waals surface area contributed by atoms with Crippen molar-refractivity contribution in [3.63, 3.8) is 0 Å². The number of halogens is 1. The number of aromatic nitrogens is 1. The van der Waals surface area contributed by atoms with E-state index in [4.69, 9.17) is 16.3 Å². The number of pyridine rings is 1. The number of amides is 1. The van der Waals surface area contributed by atoms with Crippen molar-refractivity contribution in [1.29, 1.82) is 0 Å². The summed E-state index contributed by atoms with van der Waals surface area (Å²) in [5.41, 5.74) is 2.32. The maximum absolute atomic E-state index is 12.2. The number of methoxy groups -OCH3 is 1. The summed E-state index contributed by atoms with van der Waals surface area (Å²) in [7, 11) is 1.51. The van der Waals surface area contributed by atoms with Gasteiger partial charge in [-0.25, -0.2) is 0 Å². The van der Waals surface area contributed by atoms with Crippen molar-refractivity contribution in [2.75, 3.05) is 18.3 Å². The minimum atomic E-state index is -0.227. The standard InChI is InChI=1S/C15H15ClN2O2/c1-20-14-10-17-9-7-13(14)15(19)18-12-4-2-11(3-5-12)6-8-16/h2-5,7,9-10H,6,8H2,1H3,(H,18,19). The van der Waals surface area contributed by atoms with Crippen LogP contribution in [0.2, 0.25) is 0 Å². The number of nitrogens with zero attached hydrogens (tertiary/aromatic N) is 1. The Kier molecular flexibility index (Phi) is 4.96. The zero-order valence-electron chi connectivity index (χ0n) is 11.1. The minimum Gasteiger partial charge on any atom is -0.494 e. The number of carbonyl (C=O) groups is 1. The van der Waals surface area contributed by atoms with Gasteiger partial charge in [-0.1, -0.05) is 12.1 Å². The lowest BCUT2D eigenvalue weighted by molar-refractivity contribution is 0.102. The number of nitrogens with one attached hydrogen (secondary N) is 1. The van der Waals surface area contributed by atoms with Crippen LogP contribution < -0.4 is 10.1 Å². The highest BCUT2D eigenvalue weighted by atomic mass is 35.5. The van der Waals surface area contributed by atoms with Gasteiger partial charge in [0.1, 0.15) is 5.75 Å². The Labute approximate surface area is 122 Å². The van der Waals surface area contributed by atoms with Crippen molar-refractivity contribution in [2.24, 2.45) is 0 Å². The lowest BCUT2D eigenvalue weighted by Crippen LogP contribution is -2.13. The van der Waals surface area contributed by atoms with Gasteiger partial charge in [-0.3, -0.25) is 9.78 Å². The average Bonchev–Trinajstić information content (AvgIpc) is 2.49. The lowest BCUT2D eigenvalue weighted by Gasteiger charge is -2.09. The van der Waals surface area contributed by atoms with Crippen molar-refractivity contribution in [3.05, 3.63) is 53.9 Å². The van der Waals surface area contributed by atoms with Gasteiger partial charge in [0.25, 0.3) is 5.91 Å². The summed E-state index contributed by atoms with van der Waals surface area (Å²) in [6.07, 6.45) is 3.88. The number of carbonyl (C=O) groups excluding carboxylic acids is 1. The summed E-state index contributed by atoms with van der Waals surface area (Å²) < 4.78 is 5.12. The number of hydrogen-bond acceptors (Lipinski definition) is 3. The molecule has 104 valence electrons. The van der Waals surface area contributed by atoms with E-state index in [2.05, 4.69) is 10.3 Å². The van der Waals surface area contributed by atoms with Crippen LogP contribution in [-0.4, -0.2) is 23.9 Å². The van der Waals surface area contributed by atoms with Gasteiger partial charge >= 0.3 is 0 Å². The molecule has 0 aliphatic rings. The maximum Gasteiger partial charge on any atom is 0.259 e. The first-order valence-electron chi connectivity index (χ1n) is 6.19. The molecule has 0 aliphatic heterocycles. The zero-order chi connectivity index (χ0) is 14.4. The van der Waals surface area contributed by atoms with Gasteiger partial charge in [-0.2, -0.15) is 0 Å². The molecule has 0 aliphatic carbocycles. The average molecular weight is 291 g/mol. The first-order valence-corrected chi connectivity index (χ1v) is 6.72. The third-order valence-corrected chi connectivity index (χ3v) is 3.03. The number of anilines is 1. The zero-order valence-corrected chi connectivity index (χ0v) is 11.9. The normalized spacial score (nSPS) is 10.1. The summed E-state index contributed by atoms with van der Waals surface area (Å²) in [6, 6.07) is 9.22. The van der Waals surface area contributed by atoms with Gasteiger partial charge in [0.2, 0.25) is 0 Å². The summed E-state index contributed by atoms with van der Waals surface area (Å²) in [6.45, 7) is 0. The summed E-state index contributed by atoms with van der Waals surface area (Å²) in [4.78, 5) is 16.1. The third kappa shape index (κ3) is 3.48. The first-order chi connectivity index (χ1) is 9.74. The van der Waals surface area contributed by atoms with Crippen LogP contribution in [0.1, 0.15) is 15.9 Å². The molecular formula is C15H15ClN2O2. The second-order valence-electron chi connectivity index (χ2n) is 4.17. The lowest BCUT2D eigenvalue weighted by atomic mass is 10.1. The smallest absolute Gasteiger partial charge is 0.259 e. The van der Waals surface area contributed by atoms with E-state index >= 15 is 0 Å². The van der Waals surface area contributed by atoms with Crippen molar-refractivity contribution < 1.29 is 9.53 Å². The number of ether oxygens (including phenoxy) is 1. The molecule has 0 unspecified atom stereocenters. The monoisotopic (exact) mass is 290 g/mol. The molecule has 2 aromatic rings. The highest BCUT2D eigenvalue weighted by Gasteiger charge is 2.11. The highest BCUT2D eigenvalue weighted by molar-refractivity contribution is 6.18. The Bertz CT molecular complexity index is 585. The van der Waals surface area contributed by atoms with E-state index in [-0.39, 0.29) is 5.91 Å². The number of hydrogen-bond donors (Lipinski definition) is 1. The van der Waals surface area contributed by atoms with Crippen molar-refractivity contribution in [2.45, 2.75) is 6.42 Å². The Morgan fingerprint density at radius 1 is 1.30 bits per heavy atom. The van der Waals surface area contributed by atoms with Crippen LogP contribution in [0.25, 0.3) is 0 Å². The fourth-order valence-electron chi connectivity index (χ4n) is 1.79. The maximum atomic E-state index is 12.2. The fraction of sp³-hybridized carbons (Fsp3) is 0.200. The van der Waals surface area contributed by atoms with Crippen molar-refractivity contribution in [1.82, 2.24) is 4.98 Å². The van der Waals surface area contributed by atoms with Gasteiger partial charge in [0.05, 0.1) is 18.9 Å². The number of aryl methyl sites for hydroxylation is 1. The van der Waals surface area contributed by atoms with Gasteiger partial charge in [0.15, 0.2) is 0 Å². The van der Waals surface area contributed by atoms with E-state index in [1.165, 1.54) is 13.3 Å². The molecule has 5 heteroatoms. The van der Waals surface area contributed by atoms with E-state index in [1.54, 1.807) is 12.3 Å². The van der Waals surface area contributed by atoms with Crippen molar-refractivity contribution >= 4 is 23.2 Å². The molecule has 0 saturated heterocycles. The molecule has 1 heterocycles. The van der Waals surface area contributed by atoms with Gasteiger partial charge in [-0.15, -0.1) is 11.6 Å². The molecular weight excluding hydrogens is 276 g/mol. The Hall–Kier alpha value is -2.07. The van der Waals surface area contributed by atoms with Gasteiger partial charge in [0, 0.05) is 17.8 Å². The van der Waals surface area contributed by atoms with Gasteiger partial charge in [-0.05, 0) is 30.2 Å². The molecule has 4 nitrogen and oxygen atoms in total. The van der Waals surface area contributed by atoms with E-state index in [0.29, 0.717) is 17.2 Å². The predicted molar refractivity (Wildman–Crippen MR) is 79.6 cm³/mol. The van der Waals surface area contributed by atoms with E-state index in [1.807, 2.05) is 24.3 Å². The summed E-state index contributed by atoms with van der Waals surface area (Å²) in [5, 5.41) is 2.82. The van der Waals surface area contributed by atoms with E-state index < -0.39 is 0 Å². The summed E-state index contributed by atoms with van der Waals surface area (Å²) >= 11 is 5.68.